The normalized spacial score (nSPS) is 13.2. The molecule has 0 saturated carbocycles. The standard InChI is InChI=1S/C14H20N2O3S/c1-3-16(10-4-9-15)11-14(17)12-5-7-13(8-6-12)20(2,18)19/h5-8,14,17H,3-4,10-11H2,1-2H3. The Labute approximate surface area is 120 Å². The highest BCUT2D eigenvalue weighted by molar-refractivity contribution is 7.90. The van der Waals surface area contributed by atoms with Crippen molar-refractivity contribution in [2.45, 2.75) is 24.3 Å². The summed E-state index contributed by atoms with van der Waals surface area (Å²) >= 11 is 0. The first-order valence-electron chi connectivity index (χ1n) is 6.46. The van der Waals surface area contributed by atoms with Gasteiger partial charge in [0.25, 0.3) is 0 Å². The van der Waals surface area contributed by atoms with Gasteiger partial charge in [0.15, 0.2) is 9.84 Å². The Kier molecular flexibility index (Phi) is 6.14. The van der Waals surface area contributed by atoms with E-state index in [1.807, 2.05) is 11.8 Å². The van der Waals surface area contributed by atoms with E-state index >= 15 is 0 Å². The molecule has 0 amide bonds. The average molecular weight is 296 g/mol. The van der Waals surface area contributed by atoms with Crippen LogP contribution in [-0.2, 0) is 9.84 Å². The van der Waals surface area contributed by atoms with Gasteiger partial charge in [-0.3, -0.25) is 4.90 Å². The Morgan fingerprint density at radius 1 is 1.35 bits per heavy atom. The first kappa shape index (κ1) is 16.6. The van der Waals surface area contributed by atoms with Crippen LogP contribution >= 0.6 is 0 Å². The minimum absolute atomic E-state index is 0.241. The maximum atomic E-state index is 11.4. The summed E-state index contributed by atoms with van der Waals surface area (Å²) in [6.07, 6.45) is 0.884. The van der Waals surface area contributed by atoms with Crippen LogP contribution in [0.3, 0.4) is 0 Å². The summed E-state index contributed by atoms with van der Waals surface area (Å²) in [6, 6.07) is 8.33. The largest absolute Gasteiger partial charge is 0.387 e. The Morgan fingerprint density at radius 2 is 1.95 bits per heavy atom. The van der Waals surface area contributed by atoms with Crippen molar-refractivity contribution in [3.63, 3.8) is 0 Å². The Balaban J connectivity index is 2.72. The van der Waals surface area contributed by atoms with Gasteiger partial charge in [-0.25, -0.2) is 8.42 Å². The van der Waals surface area contributed by atoms with E-state index in [1.165, 1.54) is 12.1 Å². The summed E-state index contributed by atoms with van der Waals surface area (Å²) in [7, 11) is -3.21. The molecule has 6 heteroatoms. The van der Waals surface area contributed by atoms with Gasteiger partial charge in [0.2, 0.25) is 0 Å². The van der Waals surface area contributed by atoms with Crippen LogP contribution in [0, 0.1) is 11.3 Å². The second-order valence-electron chi connectivity index (χ2n) is 4.66. The maximum absolute atomic E-state index is 11.4. The topological polar surface area (TPSA) is 81.4 Å². The third kappa shape index (κ3) is 4.93. The summed E-state index contributed by atoms with van der Waals surface area (Å²) in [5, 5.41) is 18.7. The number of hydrogen-bond acceptors (Lipinski definition) is 5. The van der Waals surface area contributed by atoms with Gasteiger partial charge < -0.3 is 5.11 Å². The summed E-state index contributed by atoms with van der Waals surface area (Å²) in [5.41, 5.74) is 0.674. The van der Waals surface area contributed by atoms with Gasteiger partial charge in [0.05, 0.1) is 17.1 Å². The van der Waals surface area contributed by atoms with Crippen molar-refractivity contribution in [1.82, 2.24) is 4.90 Å². The number of aliphatic hydroxyl groups is 1. The lowest BCUT2D eigenvalue weighted by Crippen LogP contribution is -2.29. The highest BCUT2D eigenvalue weighted by atomic mass is 32.2. The number of sulfone groups is 1. The molecule has 0 aliphatic carbocycles. The maximum Gasteiger partial charge on any atom is 0.175 e. The van der Waals surface area contributed by atoms with Crippen LogP contribution in [0.2, 0.25) is 0 Å². The van der Waals surface area contributed by atoms with Crippen LogP contribution in [-0.4, -0.2) is 44.3 Å². The van der Waals surface area contributed by atoms with Crippen LogP contribution in [0.25, 0.3) is 0 Å². The zero-order valence-electron chi connectivity index (χ0n) is 11.8. The van der Waals surface area contributed by atoms with Crippen molar-refractivity contribution in [2.24, 2.45) is 0 Å². The van der Waals surface area contributed by atoms with E-state index in [-0.39, 0.29) is 4.90 Å². The number of benzene rings is 1. The van der Waals surface area contributed by atoms with Crippen LogP contribution < -0.4 is 0 Å². The Morgan fingerprint density at radius 3 is 2.40 bits per heavy atom. The average Bonchev–Trinajstić information content (AvgIpc) is 2.42. The predicted molar refractivity (Wildman–Crippen MR) is 76.9 cm³/mol. The molecule has 1 aromatic carbocycles. The minimum Gasteiger partial charge on any atom is -0.387 e. The fourth-order valence-electron chi connectivity index (χ4n) is 1.87. The molecule has 0 saturated heterocycles. The van der Waals surface area contributed by atoms with Crippen LogP contribution in [0.4, 0.5) is 0 Å². The van der Waals surface area contributed by atoms with Crippen molar-refractivity contribution in [3.8, 4) is 6.07 Å². The molecule has 0 aliphatic rings. The molecule has 1 unspecified atom stereocenters. The molecular formula is C14H20N2O3S. The molecule has 1 atom stereocenters. The third-order valence-corrected chi connectivity index (χ3v) is 4.24. The zero-order chi connectivity index (χ0) is 15.2. The van der Waals surface area contributed by atoms with Crippen LogP contribution in [0.5, 0.6) is 0 Å². The fraction of sp³-hybridized carbons (Fsp3) is 0.500. The first-order valence-corrected chi connectivity index (χ1v) is 8.35. The minimum atomic E-state index is -3.21. The van der Waals surface area contributed by atoms with Gasteiger partial charge >= 0.3 is 0 Å². The molecule has 0 spiro atoms. The lowest BCUT2D eigenvalue weighted by Gasteiger charge is -2.22. The Hall–Kier alpha value is -1.42. The molecule has 0 aromatic heterocycles. The van der Waals surface area contributed by atoms with E-state index in [0.29, 0.717) is 25.1 Å². The zero-order valence-corrected chi connectivity index (χ0v) is 12.6. The lowest BCUT2D eigenvalue weighted by atomic mass is 10.1. The Bertz CT molecular complexity index is 561. The van der Waals surface area contributed by atoms with Gasteiger partial charge in [-0.05, 0) is 24.2 Å². The van der Waals surface area contributed by atoms with E-state index in [0.717, 1.165) is 12.8 Å². The summed E-state index contributed by atoms with van der Waals surface area (Å²) in [6.45, 7) is 3.76. The highest BCUT2D eigenvalue weighted by Crippen LogP contribution is 2.17. The van der Waals surface area contributed by atoms with Crippen molar-refractivity contribution >= 4 is 9.84 Å². The van der Waals surface area contributed by atoms with Gasteiger partial charge in [-0.2, -0.15) is 5.26 Å². The van der Waals surface area contributed by atoms with E-state index in [2.05, 4.69) is 6.07 Å². The van der Waals surface area contributed by atoms with Gasteiger partial charge in [0, 0.05) is 25.8 Å². The summed E-state index contributed by atoms with van der Waals surface area (Å²) in [4.78, 5) is 2.23. The lowest BCUT2D eigenvalue weighted by molar-refractivity contribution is 0.117. The second-order valence-corrected chi connectivity index (χ2v) is 6.67. The summed E-state index contributed by atoms with van der Waals surface area (Å²) < 4.78 is 22.7. The predicted octanol–water partition coefficient (Wildman–Crippen LogP) is 1.36. The van der Waals surface area contributed by atoms with Gasteiger partial charge in [0.1, 0.15) is 0 Å². The molecular weight excluding hydrogens is 276 g/mol. The van der Waals surface area contributed by atoms with Gasteiger partial charge in [-0.15, -0.1) is 0 Å². The number of nitriles is 1. The van der Waals surface area contributed by atoms with Crippen molar-refractivity contribution in [2.75, 3.05) is 25.9 Å². The summed E-state index contributed by atoms with van der Waals surface area (Å²) in [5.74, 6) is 0. The monoisotopic (exact) mass is 296 g/mol. The molecule has 20 heavy (non-hydrogen) atoms. The third-order valence-electron chi connectivity index (χ3n) is 3.11. The molecule has 0 bridgehead atoms. The van der Waals surface area contributed by atoms with Crippen molar-refractivity contribution in [1.29, 1.82) is 5.26 Å². The quantitative estimate of drug-likeness (QED) is 0.821. The van der Waals surface area contributed by atoms with Gasteiger partial charge in [-0.1, -0.05) is 19.1 Å². The molecule has 0 radical (unpaired) electrons. The second kappa shape index (κ2) is 7.39. The fourth-order valence-corrected chi connectivity index (χ4v) is 2.50. The smallest absolute Gasteiger partial charge is 0.175 e. The molecule has 0 aliphatic heterocycles. The van der Waals surface area contributed by atoms with Crippen molar-refractivity contribution < 1.29 is 13.5 Å². The first-order chi connectivity index (χ1) is 9.38. The van der Waals surface area contributed by atoms with Crippen LogP contribution in [0.15, 0.2) is 29.2 Å². The van der Waals surface area contributed by atoms with Crippen LogP contribution in [0.1, 0.15) is 25.0 Å². The van der Waals surface area contributed by atoms with E-state index in [4.69, 9.17) is 5.26 Å². The highest BCUT2D eigenvalue weighted by Gasteiger charge is 2.13. The molecule has 0 fully saturated rings. The van der Waals surface area contributed by atoms with E-state index in [1.54, 1.807) is 12.1 Å². The van der Waals surface area contributed by atoms with E-state index < -0.39 is 15.9 Å². The number of likely N-dealkylation sites (N-methyl/N-ethyl adjacent to an activating group) is 1. The molecule has 1 rings (SSSR count). The van der Waals surface area contributed by atoms with Crippen molar-refractivity contribution in [3.05, 3.63) is 29.8 Å². The number of aliphatic hydroxyl groups excluding tert-OH is 1. The SMILES string of the molecule is CCN(CCC#N)CC(O)c1ccc(S(C)(=O)=O)cc1. The number of hydrogen-bond donors (Lipinski definition) is 1. The molecule has 5 nitrogen and oxygen atoms in total. The molecule has 1 N–H and O–H groups in total. The number of rotatable bonds is 7. The van der Waals surface area contributed by atoms with E-state index in [9.17, 15) is 13.5 Å². The molecule has 1 aromatic rings. The molecule has 0 heterocycles. The number of nitrogens with zero attached hydrogens (tertiary/aromatic N) is 2. The molecule has 110 valence electrons.